The van der Waals surface area contributed by atoms with Gasteiger partial charge in [-0.2, -0.15) is 0 Å². The molecule has 2 aromatic rings. The van der Waals surface area contributed by atoms with Crippen LogP contribution in [0.4, 0.5) is 5.82 Å². The highest BCUT2D eigenvalue weighted by molar-refractivity contribution is 5.82. The van der Waals surface area contributed by atoms with E-state index < -0.39 is 0 Å². The summed E-state index contributed by atoms with van der Waals surface area (Å²) in [5.41, 5.74) is 1.65. The molecular formula is C19H27N7O. The number of amides is 1. The zero-order chi connectivity index (χ0) is 18.2. The van der Waals surface area contributed by atoms with Crippen LogP contribution in [0, 0.1) is 5.92 Å². The number of hydrogen-bond acceptors (Lipinski definition) is 6. The summed E-state index contributed by atoms with van der Waals surface area (Å²) in [7, 11) is 0. The number of piperidine rings is 2. The molecule has 0 radical (unpaired) electrons. The van der Waals surface area contributed by atoms with E-state index in [1.165, 1.54) is 0 Å². The van der Waals surface area contributed by atoms with Crippen LogP contribution in [0.5, 0.6) is 0 Å². The van der Waals surface area contributed by atoms with Crippen molar-refractivity contribution < 1.29 is 4.79 Å². The van der Waals surface area contributed by atoms with Crippen LogP contribution in [-0.4, -0.2) is 69.0 Å². The fourth-order valence-corrected chi connectivity index (χ4v) is 4.53. The van der Waals surface area contributed by atoms with Crippen LogP contribution in [-0.2, 0) is 4.79 Å². The molecule has 0 bridgehead atoms. The Morgan fingerprint density at radius 3 is 2.74 bits per heavy atom. The predicted octanol–water partition coefficient (Wildman–Crippen LogP) is 1.31. The summed E-state index contributed by atoms with van der Waals surface area (Å²) in [6, 6.07) is 1.03. The van der Waals surface area contributed by atoms with E-state index in [0.717, 1.165) is 81.7 Å². The number of fused-ring (bicyclic) bond motifs is 1. The summed E-state index contributed by atoms with van der Waals surface area (Å²) in [6.07, 6.45) is 9.97. The lowest BCUT2D eigenvalue weighted by atomic mass is 9.93. The van der Waals surface area contributed by atoms with E-state index in [9.17, 15) is 4.79 Å². The van der Waals surface area contributed by atoms with Gasteiger partial charge in [-0.1, -0.05) is 0 Å². The maximum absolute atomic E-state index is 12.4. The number of H-pyrrole nitrogens is 1. The van der Waals surface area contributed by atoms with E-state index in [4.69, 9.17) is 0 Å². The number of nitrogens with one attached hydrogen (secondary N) is 2. The molecular weight excluding hydrogens is 342 g/mol. The SMILES string of the molecule is O=C(NC1CC1)[C@@H]1CCCN(C2CCN(c3ncnc4nc[nH]c34)CC2)C1. The van der Waals surface area contributed by atoms with E-state index >= 15 is 0 Å². The molecule has 1 amide bonds. The molecule has 2 N–H and O–H groups in total. The molecule has 1 aliphatic carbocycles. The summed E-state index contributed by atoms with van der Waals surface area (Å²) in [4.78, 5) is 33.4. The van der Waals surface area contributed by atoms with Gasteiger partial charge in [0.1, 0.15) is 11.8 Å². The Kier molecular flexibility index (Phi) is 4.43. The molecule has 2 saturated heterocycles. The van der Waals surface area contributed by atoms with Crippen molar-refractivity contribution in [1.29, 1.82) is 0 Å². The average molecular weight is 369 g/mol. The smallest absolute Gasteiger partial charge is 0.224 e. The second-order valence-electron chi connectivity index (χ2n) is 8.13. The molecule has 27 heavy (non-hydrogen) atoms. The molecule has 8 nitrogen and oxygen atoms in total. The number of aromatic nitrogens is 4. The minimum atomic E-state index is 0.170. The van der Waals surface area contributed by atoms with E-state index in [-0.39, 0.29) is 11.8 Å². The van der Waals surface area contributed by atoms with Crippen molar-refractivity contribution in [2.75, 3.05) is 31.1 Å². The van der Waals surface area contributed by atoms with Crippen molar-refractivity contribution in [3.63, 3.8) is 0 Å². The van der Waals surface area contributed by atoms with Gasteiger partial charge in [0.15, 0.2) is 11.5 Å². The Bertz CT molecular complexity index is 809. The van der Waals surface area contributed by atoms with Crippen molar-refractivity contribution in [1.82, 2.24) is 30.2 Å². The molecule has 0 unspecified atom stereocenters. The zero-order valence-electron chi connectivity index (χ0n) is 15.6. The Hall–Kier alpha value is -2.22. The molecule has 0 spiro atoms. The monoisotopic (exact) mass is 369 g/mol. The molecule has 3 aliphatic rings. The van der Waals surface area contributed by atoms with Gasteiger partial charge >= 0.3 is 0 Å². The quantitative estimate of drug-likeness (QED) is 0.845. The van der Waals surface area contributed by atoms with E-state index in [2.05, 4.69) is 35.1 Å². The Morgan fingerprint density at radius 1 is 1.07 bits per heavy atom. The number of carbonyl (C=O) groups is 1. The third kappa shape index (κ3) is 3.50. The molecule has 1 saturated carbocycles. The lowest BCUT2D eigenvalue weighted by molar-refractivity contribution is -0.127. The lowest BCUT2D eigenvalue weighted by Crippen LogP contribution is -2.51. The number of carbonyl (C=O) groups excluding carboxylic acids is 1. The number of rotatable bonds is 4. The van der Waals surface area contributed by atoms with Gasteiger partial charge in [-0.25, -0.2) is 15.0 Å². The minimum Gasteiger partial charge on any atom is -0.355 e. The first-order valence-corrected chi connectivity index (χ1v) is 10.2. The van der Waals surface area contributed by atoms with Crippen LogP contribution < -0.4 is 10.2 Å². The third-order valence-corrected chi connectivity index (χ3v) is 6.23. The second kappa shape index (κ2) is 7.07. The first kappa shape index (κ1) is 16.9. The summed E-state index contributed by atoms with van der Waals surface area (Å²) in [5, 5.41) is 3.19. The zero-order valence-corrected chi connectivity index (χ0v) is 15.6. The van der Waals surface area contributed by atoms with Gasteiger partial charge in [0.2, 0.25) is 5.91 Å². The van der Waals surface area contributed by atoms with Crippen LogP contribution in [0.15, 0.2) is 12.7 Å². The molecule has 4 heterocycles. The van der Waals surface area contributed by atoms with Gasteiger partial charge in [-0.05, 0) is 45.1 Å². The second-order valence-corrected chi connectivity index (χ2v) is 8.13. The maximum atomic E-state index is 12.4. The van der Waals surface area contributed by atoms with Crippen molar-refractivity contribution in [3.8, 4) is 0 Å². The number of likely N-dealkylation sites (tertiary alicyclic amines) is 1. The van der Waals surface area contributed by atoms with E-state index in [1.807, 2.05) is 0 Å². The molecule has 5 rings (SSSR count). The van der Waals surface area contributed by atoms with Crippen LogP contribution >= 0.6 is 0 Å². The maximum Gasteiger partial charge on any atom is 0.224 e. The largest absolute Gasteiger partial charge is 0.355 e. The first-order chi connectivity index (χ1) is 13.3. The number of aromatic amines is 1. The fourth-order valence-electron chi connectivity index (χ4n) is 4.53. The summed E-state index contributed by atoms with van der Waals surface area (Å²) >= 11 is 0. The molecule has 1 atom stereocenters. The Balaban J connectivity index is 1.20. The summed E-state index contributed by atoms with van der Waals surface area (Å²) in [6.45, 7) is 3.99. The fraction of sp³-hybridized carbons (Fsp3) is 0.684. The standard InChI is InChI=1S/C19H27N7O/c27-19(24-14-3-4-14)13-2-1-7-26(10-13)15-5-8-25(9-6-15)18-16-17(21-11-20-16)22-12-23-18/h11-15H,1-10H2,(H,24,27)(H,20,21,22,23)/t13-/m1/s1. The van der Waals surface area contributed by atoms with Crippen molar-refractivity contribution in [2.45, 2.75) is 50.6 Å². The number of anilines is 1. The highest BCUT2D eigenvalue weighted by Gasteiger charge is 2.34. The summed E-state index contributed by atoms with van der Waals surface area (Å²) in [5.74, 6) is 1.41. The lowest BCUT2D eigenvalue weighted by Gasteiger charge is -2.42. The molecule has 2 aromatic heterocycles. The molecule has 0 aromatic carbocycles. The minimum absolute atomic E-state index is 0.170. The molecule has 8 heteroatoms. The Labute approximate surface area is 158 Å². The van der Waals surface area contributed by atoms with Crippen LogP contribution in [0.2, 0.25) is 0 Å². The van der Waals surface area contributed by atoms with Gasteiger partial charge in [0.25, 0.3) is 0 Å². The van der Waals surface area contributed by atoms with Crippen molar-refractivity contribution >= 4 is 22.9 Å². The number of imidazole rings is 1. The van der Waals surface area contributed by atoms with Crippen LogP contribution in [0.3, 0.4) is 0 Å². The van der Waals surface area contributed by atoms with Crippen LogP contribution in [0.1, 0.15) is 38.5 Å². The van der Waals surface area contributed by atoms with E-state index in [1.54, 1.807) is 12.7 Å². The normalized spacial score (nSPS) is 25.0. The van der Waals surface area contributed by atoms with Crippen molar-refractivity contribution in [3.05, 3.63) is 12.7 Å². The Morgan fingerprint density at radius 2 is 1.93 bits per heavy atom. The van der Waals surface area contributed by atoms with Gasteiger partial charge in [-0.15, -0.1) is 0 Å². The first-order valence-electron chi connectivity index (χ1n) is 10.2. The third-order valence-electron chi connectivity index (χ3n) is 6.23. The van der Waals surface area contributed by atoms with E-state index in [0.29, 0.717) is 12.1 Å². The van der Waals surface area contributed by atoms with Gasteiger partial charge in [-0.3, -0.25) is 9.69 Å². The number of nitrogens with zero attached hydrogens (tertiary/aromatic N) is 5. The van der Waals surface area contributed by atoms with Crippen LogP contribution in [0.25, 0.3) is 11.2 Å². The van der Waals surface area contributed by atoms with Gasteiger partial charge in [0.05, 0.1) is 12.2 Å². The van der Waals surface area contributed by atoms with Gasteiger partial charge < -0.3 is 15.2 Å². The number of hydrogen-bond donors (Lipinski definition) is 2. The topological polar surface area (TPSA) is 90.0 Å². The average Bonchev–Trinajstić information content (AvgIpc) is 3.40. The van der Waals surface area contributed by atoms with Crippen molar-refractivity contribution in [2.24, 2.45) is 5.92 Å². The highest BCUT2D eigenvalue weighted by Crippen LogP contribution is 2.28. The predicted molar refractivity (Wildman–Crippen MR) is 102 cm³/mol. The molecule has 144 valence electrons. The molecule has 2 aliphatic heterocycles. The molecule has 3 fully saturated rings. The summed E-state index contributed by atoms with van der Waals surface area (Å²) < 4.78 is 0. The highest BCUT2D eigenvalue weighted by atomic mass is 16.2. The van der Waals surface area contributed by atoms with Gasteiger partial charge in [0, 0.05) is 31.7 Å².